The van der Waals surface area contributed by atoms with Crippen molar-refractivity contribution in [2.75, 3.05) is 12.7 Å². The van der Waals surface area contributed by atoms with E-state index in [4.69, 9.17) is 15.5 Å². The molecule has 0 aliphatic rings. The van der Waals surface area contributed by atoms with Gasteiger partial charge in [-0.05, 0) is 0 Å². The lowest BCUT2D eigenvalue weighted by molar-refractivity contribution is 0.377. The number of allylic oxidation sites excluding steroid dienone is 1. The summed E-state index contributed by atoms with van der Waals surface area (Å²) in [6.45, 7) is 7.09. The zero-order valence-corrected chi connectivity index (χ0v) is 7.20. The van der Waals surface area contributed by atoms with Crippen molar-refractivity contribution in [3.05, 3.63) is 25.3 Å². The first-order valence-corrected chi connectivity index (χ1v) is 4.74. The Hall–Kier alpha value is -0.410. The summed E-state index contributed by atoms with van der Waals surface area (Å²) < 4.78 is 9.85. The van der Waals surface area contributed by atoms with Crippen molar-refractivity contribution < 1.29 is 14.4 Å². The second-order valence-electron chi connectivity index (χ2n) is 1.66. The van der Waals surface area contributed by atoms with Crippen molar-refractivity contribution in [2.24, 2.45) is 5.73 Å². The molecule has 5 heteroatoms. The van der Waals surface area contributed by atoms with E-state index in [1.807, 2.05) is 0 Å². The molecule has 0 aromatic rings. The third-order valence-corrected chi connectivity index (χ3v) is 1.27. The fourth-order valence-corrected chi connectivity index (χ4v) is 0.505. The van der Waals surface area contributed by atoms with Gasteiger partial charge >= 0.3 is 7.60 Å². The van der Waals surface area contributed by atoms with Gasteiger partial charge in [-0.15, -0.1) is 13.2 Å². The van der Waals surface area contributed by atoms with Crippen molar-refractivity contribution in [3.63, 3.8) is 0 Å². The molecule has 0 saturated heterocycles. The van der Waals surface area contributed by atoms with Gasteiger partial charge in [0.25, 0.3) is 0 Å². The molecule has 11 heavy (non-hydrogen) atoms. The molecule has 0 bridgehead atoms. The van der Waals surface area contributed by atoms with Gasteiger partial charge in [0.1, 0.15) is 0 Å². The van der Waals surface area contributed by atoms with Crippen LogP contribution >= 0.6 is 7.60 Å². The summed E-state index contributed by atoms with van der Waals surface area (Å²) in [5.74, 6) is 0. The largest absolute Gasteiger partial charge is 0.329 e. The Bertz CT molecular complexity index is 152. The van der Waals surface area contributed by atoms with E-state index < -0.39 is 7.60 Å². The van der Waals surface area contributed by atoms with Crippen LogP contribution in [0.2, 0.25) is 0 Å². The highest BCUT2D eigenvalue weighted by atomic mass is 31.2. The molecule has 0 fully saturated rings. The predicted molar refractivity (Wildman–Crippen MR) is 46.4 cm³/mol. The number of rotatable bonds is 3. The van der Waals surface area contributed by atoms with Crippen molar-refractivity contribution >= 4 is 7.60 Å². The molecular weight excluding hydrogens is 165 g/mol. The molecule has 4 N–H and O–H groups in total. The molecule has 0 spiro atoms. The van der Waals surface area contributed by atoms with E-state index in [1.165, 1.54) is 6.08 Å². The molecule has 66 valence electrons. The molecule has 0 aromatic carbocycles. The average Bonchev–Trinajstić information content (AvgIpc) is 1.86. The van der Waals surface area contributed by atoms with Gasteiger partial charge in [-0.2, -0.15) is 0 Å². The minimum Gasteiger partial charge on any atom is -0.327 e. The van der Waals surface area contributed by atoms with Crippen LogP contribution in [0.4, 0.5) is 0 Å². The van der Waals surface area contributed by atoms with Crippen LogP contribution < -0.4 is 5.73 Å². The second-order valence-corrected chi connectivity index (χ2v) is 3.35. The Morgan fingerprint density at radius 3 is 1.73 bits per heavy atom. The van der Waals surface area contributed by atoms with E-state index in [-0.39, 0.29) is 6.16 Å². The summed E-state index contributed by atoms with van der Waals surface area (Å²) in [6.07, 6.45) is 2.62. The summed E-state index contributed by atoms with van der Waals surface area (Å²) in [6, 6.07) is 0. The van der Waals surface area contributed by atoms with Gasteiger partial charge in [0, 0.05) is 6.54 Å². The van der Waals surface area contributed by atoms with Crippen molar-refractivity contribution in [3.8, 4) is 0 Å². The molecule has 0 heterocycles. The fourth-order valence-electron chi connectivity index (χ4n) is 0.168. The maximum absolute atomic E-state index is 9.85. The molecule has 0 aliphatic heterocycles. The van der Waals surface area contributed by atoms with E-state index in [1.54, 1.807) is 6.08 Å². The Morgan fingerprint density at radius 1 is 1.36 bits per heavy atom. The molecule has 0 unspecified atom stereocenters. The molecule has 0 atom stereocenters. The lowest BCUT2D eigenvalue weighted by Crippen LogP contribution is -1.90. The van der Waals surface area contributed by atoms with Gasteiger partial charge in [0.05, 0.1) is 6.16 Å². The van der Waals surface area contributed by atoms with Gasteiger partial charge in [0.15, 0.2) is 0 Å². The Balaban J connectivity index is 0. The zero-order valence-electron chi connectivity index (χ0n) is 6.31. The lowest BCUT2D eigenvalue weighted by atomic mass is 10.7. The number of hydrogen-bond donors (Lipinski definition) is 3. The summed E-state index contributed by atoms with van der Waals surface area (Å²) in [7, 11) is -3.78. The van der Waals surface area contributed by atoms with Crippen LogP contribution in [0.25, 0.3) is 0 Å². The monoisotopic (exact) mass is 179 g/mol. The van der Waals surface area contributed by atoms with Crippen LogP contribution in [0.5, 0.6) is 0 Å². The summed E-state index contributed by atoms with van der Waals surface area (Å²) in [4.78, 5) is 16.1. The van der Waals surface area contributed by atoms with E-state index >= 15 is 0 Å². The van der Waals surface area contributed by atoms with Crippen molar-refractivity contribution in [2.45, 2.75) is 0 Å². The predicted octanol–water partition coefficient (Wildman–Crippen LogP) is 0.481. The third-order valence-electron chi connectivity index (χ3n) is 0.534. The SMILES string of the molecule is C=CCN.C=CCP(=O)(O)O. The Kier molecular flexibility index (Phi) is 9.23. The highest BCUT2D eigenvalue weighted by Crippen LogP contribution is 2.33. The van der Waals surface area contributed by atoms with E-state index in [9.17, 15) is 4.57 Å². The first-order valence-electron chi connectivity index (χ1n) is 2.94. The highest BCUT2D eigenvalue weighted by molar-refractivity contribution is 7.51. The van der Waals surface area contributed by atoms with Gasteiger partial charge < -0.3 is 15.5 Å². The fraction of sp³-hybridized carbons (Fsp3) is 0.333. The lowest BCUT2D eigenvalue weighted by Gasteiger charge is -1.94. The Labute approximate surface area is 66.6 Å². The molecule has 0 rings (SSSR count). The Morgan fingerprint density at radius 2 is 1.73 bits per heavy atom. The van der Waals surface area contributed by atoms with E-state index in [0.29, 0.717) is 6.54 Å². The first-order chi connectivity index (χ1) is 4.97. The number of hydrogen-bond acceptors (Lipinski definition) is 2. The maximum atomic E-state index is 9.85. The van der Waals surface area contributed by atoms with Crippen LogP contribution in [0.1, 0.15) is 0 Å². The van der Waals surface area contributed by atoms with Crippen LogP contribution in [0, 0.1) is 0 Å². The van der Waals surface area contributed by atoms with Crippen LogP contribution in [0.15, 0.2) is 25.3 Å². The van der Waals surface area contributed by atoms with E-state index in [0.717, 1.165) is 0 Å². The van der Waals surface area contributed by atoms with Crippen molar-refractivity contribution in [1.29, 1.82) is 0 Å². The van der Waals surface area contributed by atoms with Crippen LogP contribution in [0.3, 0.4) is 0 Å². The first kappa shape index (κ1) is 13.2. The zero-order chi connectivity index (χ0) is 9.33. The molecule has 0 amide bonds. The third kappa shape index (κ3) is 26.2. The average molecular weight is 179 g/mol. The summed E-state index contributed by atoms with van der Waals surface area (Å²) >= 11 is 0. The van der Waals surface area contributed by atoms with E-state index in [2.05, 4.69) is 13.2 Å². The second kappa shape index (κ2) is 7.69. The smallest absolute Gasteiger partial charge is 0.327 e. The minimum atomic E-state index is -3.78. The van der Waals surface area contributed by atoms with Crippen LogP contribution in [-0.4, -0.2) is 22.5 Å². The standard InChI is InChI=1S/C3H7N.C3H7O3P/c1-2-3-4;1-2-3-7(4,5)6/h2H,1,3-4H2;2H,1,3H2,(H2,4,5,6). The molecule has 0 radical (unpaired) electrons. The molecule has 0 aromatic heterocycles. The molecule has 0 aliphatic carbocycles. The normalized spacial score (nSPS) is 9.36. The van der Waals surface area contributed by atoms with Gasteiger partial charge in [0.2, 0.25) is 0 Å². The highest BCUT2D eigenvalue weighted by Gasteiger charge is 2.06. The maximum Gasteiger partial charge on any atom is 0.329 e. The van der Waals surface area contributed by atoms with Crippen LogP contribution in [-0.2, 0) is 4.57 Å². The number of nitrogens with two attached hydrogens (primary N) is 1. The van der Waals surface area contributed by atoms with Crippen molar-refractivity contribution in [1.82, 2.24) is 0 Å². The quantitative estimate of drug-likeness (QED) is 0.434. The van der Waals surface area contributed by atoms with Gasteiger partial charge in [-0.3, -0.25) is 4.57 Å². The molecule has 0 saturated carbocycles. The van der Waals surface area contributed by atoms with Gasteiger partial charge in [-0.25, -0.2) is 0 Å². The topological polar surface area (TPSA) is 83.6 Å². The summed E-state index contributed by atoms with van der Waals surface area (Å²) in [5.41, 5.74) is 4.91. The minimum absolute atomic E-state index is 0.229. The van der Waals surface area contributed by atoms with Gasteiger partial charge in [-0.1, -0.05) is 12.2 Å². The molecule has 4 nitrogen and oxygen atoms in total. The summed E-state index contributed by atoms with van der Waals surface area (Å²) in [5, 5.41) is 0. The molecular formula is C6H14NO3P.